The fourth-order valence-corrected chi connectivity index (χ4v) is 2.77. The van der Waals surface area contributed by atoms with Crippen molar-refractivity contribution >= 4 is 17.2 Å². The molecule has 1 atom stereocenters. The van der Waals surface area contributed by atoms with Crippen LogP contribution >= 0.6 is 11.3 Å². The Morgan fingerprint density at radius 2 is 2.00 bits per heavy atom. The van der Waals surface area contributed by atoms with Gasteiger partial charge in [-0.3, -0.25) is 4.79 Å². The van der Waals surface area contributed by atoms with Gasteiger partial charge in [-0.05, 0) is 17.5 Å². The van der Waals surface area contributed by atoms with Crippen molar-refractivity contribution in [1.29, 1.82) is 0 Å². The fraction of sp³-hybridized carbons (Fsp3) is 0.0833. The molecule has 80 valence electrons. The second-order valence-electron chi connectivity index (χ2n) is 3.69. The average molecular weight is 231 g/mol. The van der Waals surface area contributed by atoms with Gasteiger partial charge in [0.25, 0.3) is 5.91 Å². The van der Waals surface area contributed by atoms with E-state index in [-0.39, 0.29) is 5.91 Å². The normalized spacial score (nSPS) is 22.9. The molecule has 0 aliphatic carbocycles. The molecule has 1 aliphatic heterocycles. The van der Waals surface area contributed by atoms with Crippen LogP contribution in [0, 0.1) is 0 Å². The lowest BCUT2D eigenvalue weighted by Gasteiger charge is -2.22. The monoisotopic (exact) mass is 231 g/mol. The molecule has 0 spiro atoms. The summed E-state index contributed by atoms with van der Waals surface area (Å²) in [4.78, 5) is 12.4. The number of aliphatic hydroxyl groups is 1. The van der Waals surface area contributed by atoms with E-state index in [1.165, 1.54) is 11.3 Å². The smallest absolute Gasteiger partial charge is 0.254 e. The van der Waals surface area contributed by atoms with Crippen molar-refractivity contribution in [2.24, 2.45) is 0 Å². The molecular weight excluding hydrogens is 222 g/mol. The maximum absolute atomic E-state index is 11.7. The zero-order valence-corrected chi connectivity index (χ0v) is 9.12. The number of thiophene rings is 1. The highest BCUT2D eigenvalue weighted by Crippen LogP contribution is 2.36. The number of nitrogens with one attached hydrogen (secondary N) is 1. The number of amides is 1. The summed E-state index contributed by atoms with van der Waals surface area (Å²) in [7, 11) is 0. The third-order valence-electron chi connectivity index (χ3n) is 2.73. The van der Waals surface area contributed by atoms with Gasteiger partial charge in [-0.25, -0.2) is 0 Å². The van der Waals surface area contributed by atoms with E-state index >= 15 is 0 Å². The highest BCUT2D eigenvalue weighted by molar-refractivity contribution is 7.10. The standard InChI is InChI=1S/C12H9NO2S/c14-11-8-4-1-2-5-9(8)12(15,13-11)10-6-3-7-16-10/h1-7,15H,(H,13,14)/t12-/m1/s1. The van der Waals surface area contributed by atoms with E-state index in [0.717, 1.165) is 4.88 Å². The van der Waals surface area contributed by atoms with Crippen LogP contribution in [0.3, 0.4) is 0 Å². The molecule has 0 saturated heterocycles. The molecule has 1 amide bonds. The van der Waals surface area contributed by atoms with Gasteiger partial charge in [-0.2, -0.15) is 0 Å². The minimum Gasteiger partial charge on any atom is -0.363 e. The second kappa shape index (κ2) is 3.17. The van der Waals surface area contributed by atoms with Crippen LogP contribution in [0.5, 0.6) is 0 Å². The van der Waals surface area contributed by atoms with E-state index in [1.807, 2.05) is 23.6 Å². The predicted molar refractivity (Wildman–Crippen MR) is 61.2 cm³/mol. The molecular formula is C12H9NO2S. The summed E-state index contributed by atoms with van der Waals surface area (Å²) in [5, 5.41) is 15.1. The van der Waals surface area contributed by atoms with Crippen LogP contribution < -0.4 is 5.32 Å². The Bertz CT molecular complexity index is 550. The van der Waals surface area contributed by atoms with Crippen molar-refractivity contribution in [3.05, 3.63) is 57.8 Å². The number of benzene rings is 1. The van der Waals surface area contributed by atoms with E-state index in [1.54, 1.807) is 18.2 Å². The molecule has 0 fully saturated rings. The first-order chi connectivity index (χ1) is 7.72. The molecule has 0 radical (unpaired) electrons. The number of carbonyl (C=O) groups excluding carboxylic acids is 1. The molecule has 1 aromatic carbocycles. The summed E-state index contributed by atoms with van der Waals surface area (Å²) in [6, 6.07) is 10.8. The van der Waals surface area contributed by atoms with E-state index in [0.29, 0.717) is 11.1 Å². The molecule has 1 aromatic heterocycles. The summed E-state index contributed by atoms with van der Waals surface area (Å²) in [5.74, 6) is -0.230. The Morgan fingerprint density at radius 3 is 2.75 bits per heavy atom. The van der Waals surface area contributed by atoms with Gasteiger partial charge >= 0.3 is 0 Å². The Balaban J connectivity index is 2.23. The predicted octanol–water partition coefficient (Wildman–Crippen LogP) is 1.68. The number of hydrogen-bond donors (Lipinski definition) is 2. The lowest BCUT2D eigenvalue weighted by atomic mass is 10.0. The van der Waals surface area contributed by atoms with Gasteiger partial charge in [0.2, 0.25) is 5.72 Å². The van der Waals surface area contributed by atoms with Gasteiger partial charge in [-0.15, -0.1) is 11.3 Å². The van der Waals surface area contributed by atoms with Crippen molar-refractivity contribution in [3.8, 4) is 0 Å². The van der Waals surface area contributed by atoms with Gasteiger partial charge < -0.3 is 10.4 Å². The second-order valence-corrected chi connectivity index (χ2v) is 4.64. The van der Waals surface area contributed by atoms with Crippen LogP contribution in [0.1, 0.15) is 20.8 Å². The molecule has 16 heavy (non-hydrogen) atoms. The zero-order valence-electron chi connectivity index (χ0n) is 8.31. The molecule has 1 aliphatic rings. The van der Waals surface area contributed by atoms with Crippen LogP contribution in [0.15, 0.2) is 41.8 Å². The van der Waals surface area contributed by atoms with Crippen LogP contribution in [0.4, 0.5) is 0 Å². The zero-order chi connectivity index (χ0) is 11.2. The third kappa shape index (κ3) is 1.14. The molecule has 0 bridgehead atoms. The van der Waals surface area contributed by atoms with E-state index in [2.05, 4.69) is 5.32 Å². The molecule has 4 heteroatoms. The van der Waals surface area contributed by atoms with Crippen LogP contribution in [-0.2, 0) is 5.72 Å². The Kier molecular flexibility index (Phi) is 1.89. The summed E-state index contributed by atoms with van der Waals surface area (Å²) in [5.41, 5.74) is -0.192. The third-order valence-corrected chi connectivity index (χ3v) is 3.71. The summed E-state index contributed by atoms with van der Waals surface area (Å²) >= 11 is 1.42. The molecule has 0 saturated carbocycles. The highest BCUT2D eigenvalue weighted by atomic mass is 32.1. The lowest BCUT2D eigenvalue weighted by molar-refractivity contribution is 0.0502. The molecule has 2 N–H and O–H groups in total. The number of fused-ring (bicyclic) bond motifs is 1. The first-order valence-corrected chi connectivity index (χ1v) is 5.78. The van der Waals surface area contributed by atoms with Crippen molar-refractivity contribution in [1.82, 2.24) is 5.32 Å². The van der Waals surface area contributed by atoms with Crippen molar-refractivity contribution in [2.75, 3.05) is 0 Å². The van der Waals surface area contributed by atoms with E-state index < -0.39 is 5.72 Å². The van der Waals surface area contributed by atoms with Gasteiger partial charge in [0.05, 0.1) is 4.88 Å². The van der Waals surface area contributed by atoms with Gasteiger partial charge in [0.15, 0.2) is 0 Å². The first kappa shape index (κ1) is 9.57. The fourth-order valence-electron chi connectivity index (χ4n) is 1.97. The van der Waals surface area contributed by atoms with E-state index in [4.69, 9.17) is 0 Å². The average Bonchev–Trinajstić information content (AvgIpc) is 2.89. The maximum atomic E-state index is 11.7. The van der Waals surface area contributed by atoms with Crippen LogP contribution in [0.25, 0.3) is 0 Å². The van der Waals surface area contributed by atoms with Crippen LogP contribution in [-0.4, -0.2) is 11.0 Å². The highest BCUT2D eigenvalue weighted by Gasteiger charge is 2.43. The largest absolute Gasteiger partial charge is 0.363 e. The summed E-state index contributed by atoms with van der Waals surface area (Å²) in [6.45, 7) is 0. The molecule has 3 nitrogen and oxygen atoms in total. The van der Waals surface area contributed by atoms with Crippen molar-refractivity contribution in [3.63, 3.8) is 0 Å². The number of rotatable bonds is 1. The quantitative estimate of drug-likeness (QED) is 0.784. The van der Waals surface area contributed by atoms with Gasteiger partial charge in [0.1, 0.15) is 0 Å². The van der Waals surface area contributed by atoms with Crippen molar-refractivity contribution < 1.29 is 9.90 Å². The Hall–Kier alpha value is -1.65. The maximum Gasteiger partial charge on any atom is 0.254 e. The number of hydrogen-bond acceptors (Lipinski definition) is 3. The first-order valence-electron chi connectivity index (χ1n) is 4.90. The molecule has 0 unspecified atom stereocenters. The van der Waals surface area contributed by atoms with Crippen LogP contribution in [0.2, 0.25) is 0 Å². The minimum atomic E-state index is -1.36. The number of carbonyl (C=O) groups is 1. The Labute approximate surface area is 96.4 Å². The van der Waals surface area contributed by atoms with Crippen molar-refractivity contribution in [2.45, 2.75) is 5.72 Å². The Morgan fingerprint density at radius 1 is 1.19 bits per heavy atom. The molecule has 2 heterocycles. The molecule has 2 aromatic rings. The SMILES string of the molecule is O=C1N[C@](O)(c2cccs2)c2ccccc21. The van der Waals surface area contributed by atoms with Gasteiger partial charge in [-0.1, -0.05) is 24.3 Å². The topological polar surface area (TPSA) is 49.3 Å². The lowest BCUT2D eigenvalue weighted by Crippen LogP contribution is -2.39. The minimum absolute atomic E-state index is 0.230. The van der Waals surface area contributed by atoms with Gasteiger partial charge in [0, 0.05) is 11.1 Å². The molecule has 3 rings (SSSR count). The summed E-state index contributed by atoms with van der Waals surface area (Å²) < 4.78 is 0. The van der Waals surface area contributed by atoms with E-state index in [9.17, 15) is 9.90 Å². The summed E-state index contributed by atoms with van der Waals surface area (Å²) in [6.07, 6.45) is 0.